The molecule has 1 N–H and O–H groups in total. The van der Waals surface area contributed by atoms with Crippen molar-refractivity contribution in [2.24, 2.45) is 0 Å². The van der Waals surface area contributed by atoms with E-state index in [0.717, 1.165) is 34.6 Å². The van der Waals surface area contributed by atoms with Crippen LogP contribution >= 0.6 is 0 Å². The molecular weight excluding hydrogens is 455 g/mol. The Morgan fingerprint density at radius 3 is 2.43 bits per heavy atom. The molecule has 0 aliphatic heterocycles. The third kappa shape index (κ3) is 4.52. The van der Waals surface area contributed by atoms with Crippen molar-refractivity contribution in [2.45, 2.75) is 13.1 Å². The molecular formula is C26H20F3N5O. The van der Waals surface area contributed by atoms with Gasteiger partial charge in [0.05, 0.1) is 12.7 Å². The molecule has 5 aromatic rings. The number of benzene rings is 2. The third-order valence-electron chi connectivity index (χ3n) is 5.55. The highest BCUT2D eigenvalue weighted by Crippen LogP contribution is 2.34. The Balaban J connectivity index is 1.46. The van der Waals surface area contributed by atoms with Crippen LogP contribution in [0.2, 0.25) is 0 Å². The summed E-state index contributed by atoms with van der Waals surface area (Å²) in [6.45, 7) is 1.93. The highest BCUT2D eigenvalue weighted by atomic mass is 19.4. The van der Waals surface area contributed by atoms with Crippen molar-refractivity contribution in [3.8, 4) is 28.0 Å². The first kappa shape index (κ1) is 22.4. The largest absolute Gasteiger partial charge is 0.496 e. The van der Waals surface area contributed by atoms with Gasteiger partial charge in [-0.3, -0.25) is 4.98 Å². The number of hydrogen-bond donors (Lipinski definition) is 1. The van der Waals surface area contributed by atoms with E-state index in [1.165, 1.54) is 12.1 Å². The molecule has 0 spiro atoms. The highest BCUT2D eigenvalue weighted by Gasteiger charge is 2.30. The minimum absolute atomic E-state index is 0.346. The van der Waals surface area contributed by atoms with Gasteiger partial charge in [0.1, 0.15) is 5.75 Å². The van der Waals surface area contributed by atoms with Gasteiger partial charge in [-0.25, -0.2) is 4.52 Å². The molecule has 0 aliphatic carbocycles. The van der Waals surface area contributed by atoms with E-state index >= 15 is 0 Å². The molecule has 0 amide bonds. The number of halogens is 3. The summed E-state index contributed by atoms with van der Waals surface area (Å²) in [4.78, 5) is 8.81. The van der Waals surface area contributed by atoms with Gasteiger partial charge in [-0.05, 0) is 66.6 Å². The molecule has 3 heterocycles. The van der Waals surface area contributed by atoms with E-state index in [2.05, 4.69) is 20.4 Å². The van der Waals surface area contributed by atoms with Gasteiger partial charge in [0.2, 0.25) is 5.95 Å². The van der Waals surface area contributed by atoms with Crippen molar-refractivity contribution in [1.29, 1.82) is 0 Å². The van der Waals surface area contributed by atoms with Gasteiger partial charge in [0, 0.05) is 41.0 Å². The summed E-state index contributed by atoms with van der Waals surface area (Å²) in [5.41, 5.74) is 4.66. The van der Waals surface area contributed by atoms with Gasteiger partial charge in [0.15, 0.2) is 5.65 Å². The molecule has 0 unspecified atom stereocenters. The number of hydrogen-bond acceptors (Lipinski definition) is 5. The van der Waals surface area contributed by atoms with Gasteiger partial charge in [0.25, 0.3) is 0 Å². The zero-order chi connectivity index (χ0) is 24.6. The number of rotatable bonds is 5. The Hall–Kier alpha value is -4.40. The maximum atomic E-state index is 12.9. The number of anilines is 2. The van der Waals surface area contributed by atoms with Crippen molar-refractivity contribution in [3.05, 3.63) is 90.4 Å². The lowest BCUT2D eigenvalue weighted by Gasteiger charge is -2.11. The number of fused-ring (bicyclic) bond motifs is 1. The van der Waals surface area contributed by atoms with Crippen LogP contribution in [0.25, 0.3) is 27.9 Å². The summed E-state index contributed by atoms with van der Waals surface area (Å²) < 4.78 is 46.0. The summed E-state index contributed by atoms with van der Waals surface area (Å²) in [5.74, 6) is 1.02. The Kier molecular flexibility index (Phi) is 5.60. The fourth-order valence-corrected chi connectivity index (χ4v) is 3.87. The number of aromatic nitrogens is 4. The highest BCUT2D eigenvalue weighted by molar-refractivity contribution is 5.79. The first-order valence-electron chi connectivity index (χ1n) is 10.7. The molecule has 176 valence electrons. The van der Waals surface area contributed by atoms with Crippen molar-refractivity contribution < 1.29 is 17.9 Å². The lowest BCUT2D eigenvalue weighted by molar-refractivity contribution is -0.137. The van der Waals surface area contributed by atoms with E-state index in [-0.39, 0.29) is 0 Å². The number of nitrogens with zero attached hydrogens (tertiary/aromatic N) is 4. The standard InChI is InChI=1S/C26H20F3N5O/c1-16-14-18(11-12-30-16)21-10-9-20(15-23(21)35-2)31-25-32-24-22(4-3-13-34(24)33-25)17-5-7-19(8-6-17)26(27,28)29/h3-15H,1-2H3,(H,31,33). The SMILES string of the molecule is COc1cc(Nc2nc3c(-c4ccc(C(F)(F)F)cc4)cccn3n2)ccc1-c1ccnc(C)c1. The number of pyridine rings is 2. The number of alkyl halides is 3. The number of methoxy groups -OCH3 is 1. The molecule has 9 heteroatoms. The van der Waals surface area contributed by atoms with Crippen LogP contribution in [0.1, 0.15) is 11.3 Å². The normalized spacial score (nSPS) is 11.6. The van der Waals surface area contributed by atoms with E-state index in [0.29, 0.717) is 28.5 Å². The van der Waals surface area contributed by atoms with Crippen LogP contribution in [0.3, 0.4) is 0 Å². The molecule has 0 saturated carbocycles. The smallest absolute Gasteiger partial charge is 0.416 e. The second-order valence-corrected chi connectivity index (χ2v) is 7.93. The van der Waals surface area contributed by atoms with Crippen LogP contribution in [0.4, 0.5) is 24.8 Å². The van der Waals surface area contributed by atoms with Gasteiger partial charge >= 0.3 is 6.18 Å². The Morgan fingerprint density at radius 2 is 1.71 bits per heavy atom. The second-order valence-electron chi connectivity index (χ2n) is 7.93. The molecule has 3 aromatic heterocycles. The fourth-order valence-electron chi connectivity index (χ4n) is 3.87. The number of ether oxygens (including phenoxy) is 1. The summed E-state index contributed by atoms with van der Waals surface area (Å²) in [6, 6.07) is 18.2. The topological polar surface area (TPSA) is 64.3 Å². The Morgan fingerprint density at radius 1 is 0.914 bits per heavy atom. The van der Waals surface area contributed by atoms with E-state index < -0.39 is 11.7 Å². The van der Waals surface area contributed by atoms with Crippen LogP contribution < -0.4 is 10.1 Å². The van der Waals surface area contributed by atoms with Gasteiger partial charge < -0.3 is 10.1 Å². The Labute approximate surface area is 199 Å². The van der Waals surface area contributed by atoms with Gasteiger partial charge in [-0.1, -0.05) is 12.1 Å². The quantitative estimate of drug-likeness (QED) is 0.313. The first-order valence-corrected chi connectivity index (χ1v) is 10.7. The Bertz CT molecular complexity index is 1510. The van der Waals surface area contributed by atoms with Gasteiger partial charge in [-0.15, -0.1) is 5.10 Å². The lowest BCUT2D eigenvalue weighted by Crippen LogP contribution is -2.04. The molecule has 5 rings (SSSR count). The van der Waals surface area contributed by atoms with E-state index in [1.807, 2.05) is 37.3 Å². The molecule has 0 bridgehead atoms. The fraction of sp³-hybridized carbons (Fsp3) is 0.115. The van der Waals surface area contributed by atoms with Gasteiger partial charge in [-0.2, -0.15) is 18.2 Å². The monoisotopic (exact) mass is 475 g/mol. The van der Waals surface area contributed by atoms with E-state index in [9.17, 15) is 13.2 Å². The number of nitrogens with one attached hydrogen (secondary N) is 1. The first-order chi connectivity index (χ1) is 16.8. The van der Waals surface area contributed by atoms with E-state index in [4.69, 9.17) is 4.74 Å². The molecule has 2 aromatic carbocycles. The molecule has 35 heavy (non-hydrogen) atoms. The second kappa shape index (κ2) is 8.75. The molecule has 0 saturated heterocycles. The van der Waals surface area contributed by atoms with Crippen molar-refractivity contribution in [1.82, 2.24) is 19.6 Å². The predicted octanol–water partition coefficient (Wildman–Crippen LogP) is 6.54. The minimum atomic E-state index is -4.39. The maximum Gasteiger partial charge on any atom is 0.416 e. The lowest BCUT2D eigenvalue weighted by atomic mass is 10.0. The van der Waals surface area contributed by atoms with Crippen LogP contribution in [-0.4, -0.2) is 26.7 Å². The minimum Gasteiger partial charge on any atom is -0.496 e. The van der Waals surface area contributed by atoms with Crippen molar-refractivity contribution >= 4 is 17.3 Å². The number of aryl methyl sites for hydroxylation is 1. The van der Waals surface area contributed by atoms with E-state index in [1.54, 1.807) is 36.2 Å². The summed E-state index contributed by atoms with van der Waals surface area (Å²) in [7, 11) is 1.61. The predicted molar refractivity (Wildman–Crippen MR) is 128 cm³/mol. The molecule has 0 atom stereocenters. The maximum absolute atomic E-state index is 12.9. The zero-order valence-corrected chi connectivity index (χ0v) is 18.8. The third-order valence-corrected chi connectivity index (χ3v) is 5.55. The molecule has 0 radical (unpaired) electrons. The zero-order valence-electron chi connectivity index (χ0n) is 18.8. The molecule has 6 nitrogen and oxygen atoms in total. The summed E-state index contributed by atoms with van der Waals surface area (Å²) in [5, 5.41) is 7.65. The average molecular weight is 475 g/mol. The molecule has 0 fully saturated rings. The summed E-state index contributed by atoms with van der Waals surface area (Å²) >= 11 is 0. The van der Waals surface area contributed by atoms with Crippen LogP contribution in [0.15, 0.2) is 79.1 Å². The molecule has 0 aliphatic rings. The van der Waals surface area contributed by atoms with Crippen LogP contribution in [-0.2, 0) is 6.18 Å². The van der Waals surface area contributed by atoms with Crippen LogP contribution in [0, 0.1) is 6.92 Å². The average Bonchev–Trinajstić information content (AvgIpc) is 3.26. The van der Waals surface area contributed by atoms with Crippen LogP contribution in [0.5, 0.6) is 5.75 Å². The summed E-state index contributed by atoms with van der Waals surface area (Å²) in [6.07, 6.45) is -0.898. The van der Waals surface area contributed by atoms with Crippen molar-refractivity contribution in [3.63, 3.8) is 0 Å². The van der Waals surface area contributed by atoms with Crippen molar-refractivity contribution in [2.75, 3.05) is 12.4 Å².